The van der Waals surface area contributed by atoms with Gasteiger partial charge in [-0.1, -0.05) is 19.1 Å². The summed E-state index contributed by atoms with van der Waals surface area (Å²) in [5.74, 6) is 0.149. The number of likely N-dealkylation sites (tertiary alicyclic amines) is 1. The molecule has 1 N–H and O–H groups in total. The van der Waals surface area contributed by atoms with Crippen LogP contribution in [0.5, 0.6) is 0 Å². The predicted octanol–water partition coefficient (Wildman–Crippen LogP) is 3.84. The summed E-state index contributed by atoms with van der Waals surface area (Å²) in [4.78, 5) is 26.9. The fourth-order valence-corrected chi connectivity index (χ4v) is 3.45. The maximum atomic E-state index is 12.5. The maximum Gasteiger partial charge on any atom is 0.340 e. The van der Waals surface area contributed by atoms with Crippen LogP contribution in [0, 0.1) is 0 Å². The Morgan fingerprint density at radius 3 is 2.85 bits per heavy atom. The SMILES string of the molecule is CC[C@H]1CCCCN1C(=O)COC(=O)c1ccccc1NCc1ccco1. The standard InChI is InChI=1S/C21H26N2O4/c1-2-16-8-5-6-12-23(16)20(24)15-27-21(25)18-10-3-4-11-19(18)22-14-17-9-7-13-26-17/h3-4,7,9-11,13,16,22H,2,5-6,8,12,14-15H2,1H3/t16-/m0/s1. The Morgan fingerprint density at radius 1 is 1.22 bits per heavy atom. The van der Waals surface area contributed by atoms with E-state index in [0.717, 1.165) is 38.0 Å². The van der Waals surface area contributed by atoms with E-state index in [-0.39, 0.29) is 18.6 Å². The normalized spacial score (nSPS) is 16.8. The molecule has 0 bridgehead atoms. The number of hydrogen-bond acceptors (Lipinski definition) is 5. The largest absolute Gasteiger partial charge is 0.467 e. The van der Waals surface area contributed by atoms with Crippen LogP contribution in [0.15, 0.2) is 47.1 Å². The molecule has 1 aliphatic heterocycles. The van der Waals surface area contributed by atoms with Crippen molar-refractivity contribution in [2.45, 2.75) is 45.2 Å². The van der Waals surface area contributed by atoms with E-state index in [4.69, 9.17) is 9.15 Å². The van der Waals surface area contributed by atoms with Gasteiger partial charge in [-0.3, -0.25) is 4.79 Å². The fourth-order valence-electron chi connectivity index (χ4n) is 3.45. The average Bonchev–Trinajstić information content (AvgIpc) is 3.24. The van der Waals surface area contributed by atoms with Gasteiger partial charge in [-0.05, 0) is 49.9 Å². The maximum absolute atomic E-state index is 12.5. The molecule has 1 aromatic carbocycles. The van der Waals surface area contributed by atoms with Gasteiger partial charge in [0.1, 0.15) is 5.76 Å². The fraction of sp³-hybridized carbons (Fsp3) is 0.429. The smallest absolute Gasteiger partial charge is 0.340 e. The van der Waals surface area contributed by atoms with Crippen LogP contribution < -0.4 is 5.32 Å². The van der Waals surface area contributed by atoms with E-state index in [1.807, 2.05) is 23.1 Å². The van der Waals surface area contributed by atoms with Crippen LogP contribution in [0.25, 0.3) is 0 Å². The Morgan fingerprint density at radius 2 is 2.07 bits per heavy atom. The minimum absolute atomic E-state index is 0.115. The number of ether oxygens (including phenoxy) is 1. The van der Waals surface area contributed by atoms with Crippen molar-refractivity contribution in [3.05, 3.63) is 54.0 Å². The van der Waals surface area contributed by atoms with Crippen LogP contribution >= 0.6 is 0 Å². The molecule has 1 atom stereocenters. The lowest BCUT2D eigenvalue weighted by molar-refractivity contribution is -0.138. The summed E-state index contributed by atoms with van der Waals surface area (Å²) in [7, 11) is 0. The van der Waals surface area contributed by atoms with E-state index >= 15 is 0 Å². The molecular weight excluding hydrogens is 344 g/mol. The van der Waals surface area contributed by atoms with Gasteiger partial charge in [0.05, 0.1) is 18.4 Å². The van der Waals surface area contributed by atoms with Crippen molar-refractivity contribution >= 4 is 17.6 Å². The molecule has 1 amide bonds. The Kier molecular flexibility index (Phi) is 6.52. The van der Waals surface area contributed by atoms with E-state index in [2.05, 4.69) is 12.2 Å². The van der Waals surface area contributed by atoms with Gasteiger partial charge >= 0.3 is 5.97 Å². The minimum Gasteiger partial charge on any atom is -0.467 e. The first kappa shape index (κ1) is 19.0. The van der Waals surface area contributed by atoms with Gasteiger partial charge < -0.3 is 19.4 Å². The van der Waals surface area contributed by atoms with Gasteiger partial charge in [0.2, 0.25) is 0 Å². The summed E-state index contributed by atoms with van der Waals surface area (Å²) >= 11 is 0. The Bertz CT molecular complexity index is 757. The number of para-hydroxylation sites is 1. The van der Waals surface area contributed by atoms with Gasteiger partial charge in [-0.2, -0.15) is 0 Å². The molecule has 1 aromatic heterocycles. The third-order valence-corrected chi connectivity index (χ3v) is 4.93. The molecule has 6 nitrogen and oxygen atoms in total. The topological polar surface area (TPSA) is 71.8 Å². The highest BCUT2D eigenvalue weighted by atomic mass is 16.5. The number of nitrogens with zero attached hydrogens (tertiary/aromatic N) is 1. The van der Waals surface area contributed by atoms with Crippen molar-refractivity contribution in [3.8, 4) is 0 Å². The van der Waals surface area contributed by atoms with Gasteiger partial charge in [0, 0.05) is 18.3 Å². The highest BCUT2D eigenvalue weighted by Gasteiger charge is 2.26. The van der Waals surface area contributed by atoms with E-state index < -0.39 is 5.97 Å². The van der Waals surface area contributed by atoms with Crippen LogP contribution in [-0.2, 0) is 16.1 Å². The van der Waals surface area contributed by atoms with E-state index in [1.54, 1.807) is 24.5 Å². The van der Waals surface area contributed by atoms with Crippen LogP contribution in [0.3, 0.4) is 0 Å². The molecule has 1 fully saturated rings. The molecule has 0 spiro atoms. The number of hydrogen-bond donors (Lipinski definition) is 1. The second-order valence-electron chi connectivity index (χ2n) is 6.70. The second kappa shape index (κ2) is 9.26. The molecule has 2 aromatic rings. The zero-order chi connectivity index (χ0) is 19.1. The average molecular weight is 370 g/mol. The molecule has 0 saturated carbocycles. The summed E-state index contributed by atoms with van der Waals surface area (Å²) in [5.41, 5.74) is 1.05. The van der Waals surface area contributed by atoms with Crippen molar-refractivity contribution < 1.29 is 18.7 Å². The summed E-state index contributed by atoms with van der Waals surface area (Å²) in [6.45, 7) is 3.07. The van der Waals surface area contributed by atoms with Crippen molar-refractivity contribution in [2.75, 3.05) is 18.5 Å². The molecular formula is C21H26N2O4. The number of carbonyl (C=O) groups excluding carboxylic acids is 2. The van der Waals surface area contributed by atoms with Crippen molar-refractivity contribution in [2.24, 2.45) is 0 Å². The molecule has 0 radical (unpaired) electrons. The molecule has 1 saturated heterocycles. The van der Waals surface area contributed by atoms with E-state index in [0.29, 0.717) is 17.8 Å². The first-order chi connectivity index (χ1) is 13.2. The number of benzene rings is 1. The molecule has 144 valence electrons. The summed E-state index contributed by atoms with van der Waals surface area (Å²) in [6, 6.07) is 11.0. The Hall–Kier alpha value is -2.76. The summed E-state index contributed by atoms with van der Waals surface area (Å²) in [5, 5.41) is 3.17. The lowest BCUT2D eigenvalue weighted by atomic mass is 10.00. The zero-order valence-corrected chi connectivity index (χ0v) is 15.6. The van der Waals surface area contributed by atoms with Crippen LogP contribution in [0.4, 0.5) is 5.69 Å². The van der Waals surface area contributed by atoms with Crippen molar-refractivity contribution in [3.63, 3.8) is 0 Å². The molecule has 0 aliphatic carbocycles. The molecule has 0 unspecified atom stereocenters. The second-order valence-corrected chi connectivity index (χ2v) is 6.70. The highest BCUT2D eigenvalue weighted by molar-refractivity contribution is 5.96. The number of esters is 1. The van der Waals surface area contributed by atoms with Gasteiger partial charge in [-0.25, -0.2) is 4.79 Å². The summed E-state index contributed by atoms with van der Waals surface area (Å²) in [6.07, 6.45) is 5.72. The number of furan rings is 1. The van der Waals surface area contributed by atoms with Gasteiger partial charge in [0.25, 0.3) is 5.91 Å². The van der Waals surface area contributed by atoms with Crippen LogP contribution in [0.1, 0.15) is 48.7 Å². The third kappa shape index (κ3) is 4.90. The van der Waals surface area contributed by atoms with Crippen molar-refractivity contribution in [1.82, 2.24) is 4.90 Å². The molecule has 3 rings (SSSR count). The van der Waals surface area contributed by atoms with Crippen LogP contribution in [0.2, 0.25) is 0 Å². The van der Waals surface area contributed by atoms with E-state index in [9.17, 15) is 9.59 Å². The molecule has 1 aliphatic rings. The lowest BCUT2D eigenvalue weighted by Gasteiger charge is -2.35. The highest BCUT2D eigenvalue weighted by Crippen LogP contribution is 2.20. The van der Waals surface area contributed by atoms with E-state index in [1.165, 1.54) is 0 Å². The minimum atomic E-state index is -0.504. The first-order valence-corrected chi connectivity index (χ1v) is 9.51. The van der Waals surface area contributed by atoms with Crippen molar-refractivity contribution in [1.29, 1.82) is 0 Å². The summed E-state index contributed by atoms with van der Waals surface area (Å²) < 4.78 is 10.6. The number of piperidine rings is 1. The first-order valence-electron chi connectivity index (χ1n) is 9.51. The monoisotopic (exact) mass is 370 g/mol. The molecule has 27 heavy (non-hydrogen) atoms. The number of carbonyl (C=O) groups is 2. The predicted molar refractivity (Wildman–Crippen MR) is 102 cm³/mol. The molecule has 2 heterocycles. The quantitative estimate of drug-likeness (QED) is 0.750. The van der Waals surface area contributed by atoms with Gasteiger partial charge in [-0.15, -0.1) is 0 Å². The third-order valence-electron chi connectivity index (χ3n) is 4.93. The lowest BCUT2D eigenvalue weighted by Crippen LogP contribution is -2.45. The number of anilines is 1. The van der Waals surface area contributed by atoms with Gasteiger partial charge in [0.15, 0.2) is 6.61 Å². The Balaban J connectivity index is 1.58. The molecule has 6 heteroatoms. The van der Waals surface area contributed by atoms with Crippen LogP contribution in [-0.4, -0.2) is 36.0 Å². The number of amides is 1. The zero-order valence-electron chi connectivity index (χ0n) is 15.6. The Labute approximate surface area is 159 Å². The number of rotatable bonds is 7. The number of nitrogens with one attached hydrogen (secondary N) is 1.